The van der Waals surface area contributed by atoms with Crippen molar-refractivity contribution in [3.05, 3.63) is 101 Å². The molecule has 0 amide bonds. The first-order chi connectivity index (χ1) is 28.4. The van der Waals surface area contributed by atoms with E-state index in [1.807, 2.05) is 36.4 Å². The van der Waals surface area contributed by atoms with E-state index in [9.17, 15) is 13.0 Å². The van der Waals surface area contributed by atoms with Crippen molar-refractivity contribution in [2.24, 2.45) is 11.8 Å². The van der Waals surface area contributed by atoms with Crippen LogP contribution in [0.2, 0.25) is 0 Å². The van der Waals surface area contributed by atoms with Crippen molar-refractivity contribution in [2.75, 3.05) is 37.0 Å². The molecule has 10 heteroatoms. The maximum atomic E-state index is 15.0. The zero-order chi connectivity index (χ0) is 44.3. The third-order valence-electron chi connectivity index (χ3n) is 12.5. The summed E-state index contributed by atoms with van der Waals surface area (Å²) < 4.78 is 50.9. The quantitative estimate of drug-likeness (QED) is 0.0546. The van der Waals surface area contributed by atoms with Gasteiger partial charge < -0.3 is 0 Å². The van der Waals surface area contributed by atoms with Gasteiger partial charge in [0, 0.05) is 0 Å². The van der Waals surface area contributed by atoms with Crippen LogP contribution in [0.5, 0.6) is 0 Å². The molecular formula is C50H80O7P2S. The van der Waals surface area contributed by atoms with Gasteiger partial charge in [0.15, 0.2) is 0 Å². The van der Waals surface area contributed by atoms with Crippen LogP contribution in [0.3, 0.4) is 0 Å². The molecule has 1 N–H and O–H groups in total. The summed E-state index contributed by atoms with van der Waals surface area (Å²) in [5.41, 5.74) is 2.14. The van der Waals surface area contributed by atoms with Crippen LogP contribution in [0.15, 0.2) is 83.8 Å². The zero-order valence-corrected chi connectivity index (χ0v) is 41.1. The number of unbranched alkanes of at least 4 members (excludes halogenated alkanes) is 4. The van der Waals surface area contributed by atoms with E-state index in [0.29, 0.717) is 24.2 Å². The van der Waals surface area contributed by atoms with Gasteiger partial charge in [-0.3, -0.25) is 0 Å². The Bertz CT molecular complexity index is 1740. The minimum atomic E-state index is -4.83. The number of carbonyl (C=O) groups is 2. The second-order valence-electron chi connectivity index (χ2n) is 18.8. The zero-order valence-electron chi connectivity index (χ0n) is 38.5. The molecule has 0 atom stereocenters. The van der Waals surface area contributed by atoms with Crippen LogP contribution in [-0.2, 0) is 31.5 Å². The first kappa shape index (κ1) is 51.7. The van der Waals surface area contributed by atoms with Crippen molar-refractivity contribution in [3.8, 4) is 0 Å². The molecule has 338 valence electrons. The van der Waals surface area contributed by atoms with Gasteiger partial charge in [0.25, 0.3) is 0 Å². The fourth-order valence-electron chi connectivity index (χ4n) is 9.16. The average Bonchev–Trinajstić information content (AvgIpc) is 3.21. The third kappa shape index (κ3) is 15.3. The number of hydrogen-bond donors (Lipinski definition) is 1. The van der Waals surface area contributed by atoms with Crippen LogP contribution in [-0.4, -0.2) is 61.9 Å². The molecule has 0 saturated heterocycles. The molecule has 0 bridgehead atoms. The standard InChI is InChI=1S/C50H80O7P2S/c1-9-13-31-58(32-14-10-2,35-23-25-42(5)6,40-44-27-19-17-20-28-44)56-49(51)46-37-47(39-48(38-46)60(53,54)55)50(52)57-59(33-15-11-3,34-16-12-4,36-24-26-43(7)8)41-45-29-21-18-22-30-45/h17-22,27-30,37-39,42-43H,9-16,23-26,31-36,40-41H2,1-8H3,(H,53,54,55). The molecule has 0 aliphatic heterocycles. The average molecular weight is 887 g/mol. The Hall–Kier alpha value is -2.63. The third-order valence-corrected chi connectivity index (χ3v) is 25.7. The van der Waals surface area contributed by atoms with Crippen LogP contribution < -0.4 is 0 Å². The Kier molecular flexibility index (Phi) is 20.4. The first-order valence-electron chi connectivity index (χ1n) is 23.1. The van der Waals surface area contributed by atoms with Crippen LogP contribution in [0, 0.1) is 11.8 Å². The van der Waals surface area contributed by atoms with E-state index >= 15 is 9.59 Å². The Labute approximate surface area is 365 Å². The van der Waals surface area contributed by atoms with Gasteiger partial charge >= 0.3 is 367 Å². The molecule has 0 radical (unpaired) electrons. The minimum absolute atomic E-state index is 0.0544. The summed E-state index contributed by atoms with van der Waals surface area (Å²) in [5, 5.41) is 0. The van der Waals surface area contributed by atoms with Gasteiger partial charge in [-0.1, -0.05) is 0 Å². The van der Waals surface area contributed by atoms with Crippen molar-refractivity contribution in [1.29, 1.82) is 0 Å². The van der Waals surface area contributed by atoms with E-state index in [1.165, 1.54) is 18.2 Å². The van der Waals surface area contributed by atoms with Gasteiger partial charge in [-0.15, -0.1) is 0 Å². The summed E-state index contributed by atoms with van der Waals surface area (Å²) in [6.45, 7) is 10.7. The number of benzene rings is 3. The normalized spacial score (nSPS) is 13.7. The summed E-state index contributed by atoms with van der Waals surface area (Å²) >= 11 is 0. The van der Waals surface area contributed by atoms with E-state index in [-0.39, 0.29) is 11.1 Å². The van der Waals surface area contributed by atoms with E-state index in [4.69, 9.17) is 9.05 Å². The second-order valence-corrected chi connectivity index (χ2v) is 31.3. The van der Waals surface area contributed by atoms with Crippen molar-refractivity contribution >= 4 is 35.7 Å². The predicted molar refractivity (Wildman–Crippen MR) is 258 cm³/mol. The molecule has 0 aliphatic carbocycles. The monoisotopic (exact) mass is 887 g/mol. The van der Waals surface area contributed by atoms with Crippen LogP contribution >= 0.6 is 13.7 Å². The summed E-state index contributed by atoms with van der Waals surface area (Å²) in [5.74, 6) is -0.318. The molecule has 3 rings (SSSR count). The molecule has 0 heterocycles. The Morgan fingerprint density at radius 2 is 0.850 bits per heavy atom. The fraction of sp³-hybridized carbons (Fsp3) is 0.600. The van der Waals surface area contributed by atoms with Gasteiger partial charge in [0.2, 0.25) is 0 Å². The Morgan fingerprint density at radius 3 is 1.13 bits per heavy atom. The molecule has 0 aromatic heterocycles. The van der Waals surface area contributed by atoms with Gasteiger partial charge in [0.1, 0.15) is 0 Å². The molecule has 0 saturated carbocycles. The summed E-state index contributed by atoms with van der Waals surface area (Å²) in [6.07, 6.45) is 17.1. The van der Waals surface area contributed by atoms with E-state index in [0.717, 1.165) is 125 Å². The van der Waals surface area contributed by atoms with Crippen LogP contribution in [0.25, 0.3) is 0 Å². The Morgan fingerprint density at radius 1 is 0.533 bits per heavy atom. The van der Waals surface area contributed by atoms with E-state index in [1.54, 1.807) is 0 Å². The molecule has 0 unspecified atom stereocenters. The number of hydrogen-bond acceptors (Lipinski definition) is 6. The number of carbonyl (C=O) groups excluding carboxylic acids is 2. The van der Waals surface area contributed by atoms with Gasteiger partial charge in [0.05, 0.1) is 0 Å². The predicted octanol–water partition coefficient (Wildman–Crippen LogP) is 14.7. The molecule has 0 spiro atoms. The van der Waals surface area contributed by atoms with E-state index < -0.39 is 40.6 Å². The van der Waals surface area contributed by atoms with Crippen molar-refractivity contribution in [2.45, 2.75) is 150 Å². The van der Waals surface area contributed by atoms with Gasteiger partial charge in [-0.05, 0) is 0 Å². The molecule has 7 nitrogen and oxygen atoms in total. The molecule has 60 heavy (non-hydrogen) atoms. The van der Waals surface area contributed by atoms with Crippen LogP contribution in [0.4, 0.5) is 0 Å². The van der Waals surface area contributed by atoms with Crippen molar-refractivity contribution < 1.29 is 31.6 Å². The fourth-order valence-corrected chi connectivity index (χ4v) is 22.5. The summed E-state index contributed by atoms with van der Waals surface area (Å²) in [6, 6.07) is 24.4. The molecular weight excluding hydrogens is 807 g/mol. The van der Waals surface area contributed by atoms with E-state index in [2.05, 4.69) is 79.7 Å². The van der Waals surface area contributed by atoms with Crippen molar-refractivity contribution in [3.63, 3.8) is 0 Å². The molecule has 3 aromatic carbocycles. The summed E-state index contributed by atoms with van der Waals surface area (Å²) in [4.78, 5) is 29.5. The molecule has 0 aliphatic rings. The van der Waals surface area contributed by atoms with Gasteiger partial charge in [-0.25, -0.2) is 0 Å². The molecule has 0 fully saturated rings. The molecule has 3 aromatic rings. The topological polar surface area (TPSA) is 107 Å². The SMILES string of the molecule is CCCCP(CCCC)(CCCC(C)C)(Cc1ccccc1)OC(=O)c1cc(C(=O)OP(CCCC)(CCCC)(CCCC(C)C)Cc2ccccc2)cc(S(=O)(=O)O)c1. The summed E-state index contributed by atoms with van der Waals surface area (Å²) in [7, 11) is -4.83. The maximum absolute atomic E-state index is 15.0. The Balaban J connectivity index is 2.29. The van der Waals surface area contributed by atoms with Gasteiger partial charge in [-0.2, -0.15) is 0 Å². The number of rotatable bonds is 29. The first-order valence-corrected chi connectivity index (χ1v) is 30.4. The van der Waals surface area contributed by atoms with Crippen LogP contribution in [0.1, 0.15) is 164 Å². The van der Waals surface area contributed by atoms with Crippen molar-refractivity contribution in [1.82, 2.24) is 0 Å². The second kappa shape index (κ2) is 23.7.